The van der Waals surface area contributed by atoms with Gasteiger partial charge in [0.2, 0.25) is 0 Å². The van der Waals surface area contributed by atoms with E-state index in [4.69, 9.17) is 4.74 Å². The second-order valence-corrected chi connectivity index (χ2v) is 6.55. The van der Waals surface area contributed by atoms with Crippen LogP contribution >= 0.6 is 11.3 Å². The van der Waals surface area contributed by atoms with E-state index in [0.717, 1.165) is 48.8 Å². The van der Waals surface area contributed by atoms with Crippen molar-refractivity contribution < 1.29 is 9.53 Å². The predicted octanol–water partition coefficient (Wildman–Crippen LogP) is 2.53. The van der Waals surface area contributed by atoms with Crippen molar-refractivity contribution in [1.82, 2.24) is 10.2 Å². The molecule has 1 aromatic rings. The highest BCUT2D eigenvalue weighted by Gasteiger charge is 2.26. The van der Waals surface area contributed by atoms with Gasteiger partial charge in [0.1, 0.15) is 10.6 Å². The van der Waals surface area contributed by atoms with Gasteiger partial charge in [0.15, 0.2) is 0 Å². The molecule has 1 aromatic heterocycles. The molecule has 0 radical (unpaired) electrons. The zero-order chi connectivity index (χ0) is 14.5. The van der Waals surface area contributed by atoms with E-state index < -0.39 is 0 Å². The van der Waals surface area contributed by atoms with Crippen LogP contribution in [0.1, 0.15) is 34.3 Å². The standard InChI is InChI=1S/C15H24N2O2S/c1-4-16-10-12-5-7-17(8-6-12)15(18)14-13(19-3)9-11(2)20-14/h9,12,16H,4-8,10H2,1-3H3. The van der Waals surface area contributed by atoms with Crippen molar-refractivity contribution in [1.29, 1.82) is 0 Å². The minimum Gasteiger partial charge on any atom is -0.495 e. The predicted molar refractivity (Wildman–Crippen MR) is 82.8 cm³/mol. The first-order valence-electron chi connectivity index (χ1n) is 7.30. The molecular formula is C15H24N2O2S. The molecule has 112 valence electrons. The van der Waals surface area contributed by atoms with E-state index in [1.807, 2.05) is 17.9 Å². The highest BCUT2D eigenvalue weighted by Crippen LogP contribution is 2.31. The number of nitrogens with zero attached hydrogens (tertiary/aromatic N) is 1. The second-order valence-electron chi connectivity index (χ2n) is 5.30. The quantitative estimate of drug-likeness (QED) is 0.908. The average Bonchev–Trinajstić information content (AvgIpc) is 2.86. The molecule has 2 heterocycles. The Morgan fingerprint density at radius 1 is 1.50 bits per heavy atom. The van der Waals surface area contributed by atoms with Gasteiger partial charge in [-0.05, 0) is 44.8 Å². The first-order valence-corrected chi connectivity index (χ1v) is 8.11. The van der Waals surface area contributed by atoms with Gasteiger partial charge in [-0.15, -0.1) is 11.3 Å². The van der Waals surface area contributed by atoms with Crippen molar-refractivity contribution in [3.8, 4) is 5.75 Å². The van der Waals surface area contributed by atoms with Gasteiger partial charge < -0.3 is 15.0 Å². The maximum absolute atomic E-state index is 12.6. The third kappa shape index (κ3) is 3.52. The third-order valence-electron chi connectivity index (χ3n) is 3.82. The number of nitrogens with one attached hydrogen (secondary N) is 1. The number of aryl methyl sites for hydroxylation is 1. The SMILES string of the molecule is CCNCC1CCN(C(=O)c2sc(C)cc2OC)CC1. The molecule has 4 nitrogen and oxygen atoms in total. The molecule has 5 heteroatoms. The van der Waals surface area contributed by atoms with Crippen LogP contribution in [0.3, 0.4) is 0 Å². The van der Waals surface area contributed by atoms with Gasteiger partial charge in [-0.3, -0.25) is 4.79 Å². The summed E-state index contributed by atoms with van der Waals surface area (Å²) in [4.78, 5) is 16.4. The Hall–Kier alpha value is -1.07. The molecule has 2 rings (SSSR count). The fraction of sp³-hybridized carbons (Fsp3) is 0.667. The van der Waals surface area contributed by atoms with E-state index in [1.165, 1.54) is 11.3 Å². The van der Waals surface area contributed by atoms with E-state index >= 15 is 0 Å². The molecule has 0 spiro atoms. The van der Waals surface area contributed by atoms with Crippen LogP contribution in [0.2, 0.25) is 0 Å². The van der Waals surface area contributed by atoms with Gasteiger partial charge in [-0.1, -0.05) is 6.92 Å². The van der Waals surface area contributed by atoms with Crippen molar-refractivity contribution in [3.63, 3.8) is 0 Å². The summed E-state index contributed by atoms with van der Waals surface area (Å²) in [6.45, 7) is 7.94. The number of thiophene rings is 1. The zero-order valence-corrected chi connectivity index (χ0v) is 13.4. The summed E-state index contributed by atoms with van der Waals surface area (Å²) < 4.78 is 5.31. The summed E-state index contributed by atoms with van der Waals surface area (Å²) in [6, 6.07) is 1.94. The lowest BCUT2D eigenvalue weighted by Gasteiger charge is -2.32. The number of carbonyl (C=O) groups excluding carboxylic acids is 1. The first kappa shape index (κ1) is 15.3. The molecule has 0 unspecified atom stereocenters. The van der Waals surface area contributed by atoms with Crippen molar-refractivity contribution in [2.75, 3.05) is 33.3 Å². The van der Waals surface area contributed by atoms with E-state index in [2.05, 4.69) is 12.2 Å². The maximum atomic E-state index is 12.6. The van der Waals surface area contributed by atoms with Gasteiger partial charge >= 0.3 is 0 Å². The van der Waals surface area contributed by atoms with Crippen LogP contribution in [-0.4, -0.2) is 44.1 Å². The molecule has 1 aliphatic heterocycles. The summed E-state index contributed by atoms with van der Waals surface area (Å²) in [6.07, 6.45) is 2.18. The first-order chi connectivity index (χ1) is 9.65. The Labute approximate surface area is 125 Å². The Morgan fingerprint density at radius 3 is 2.80 bits per heavy atom. The maximum Gasteiger partial charge on any atom is 0.267 e. The Morgan fingerprint density at radius 2 is 2.20 bits per heavy atom. The van der Waals surface area contributed by atoms with Crippen molar-refractivity contribution >= 4 is 17.2 Å². The highest BCUT2D eigenvalue weighted by atomic mass is 32.1. The number of likely N-dealkylation sites (tertiary alicyclic amines) is 1. The number of amides is 1. The van der Waals surface area contributed by atoms with Crippen LogP contribution in [0, 0.1) is 12.8 Å². The lowest BCUT2D eigenvalue weighted by molar-refractivity contribution is 0.0692. The number of rotatable bonds is 5. The molecule has 1 N–H and O–H groups in total. The van der Waals surface area contributed by atoms with E-state index in [1.54, 1.807) is 7.11 Å². The molecule has 0 aliphatic carbocycles. The molecule has 0 saturated carbocycles. The number of carbonyl (C=O) groups is 1. The molecule has 1 fully saturated rings. The van der Waals surface area contributed by atoms with Gasteiger partial charge in [-0.2, -0.15) is 0 Å². The minimum atomic E-state index is 0.127. The zero-order valence-electron chi connectivity index (χ0n) is 12.6. The molecule has 20 heavy (non-hydrogen) atoms. The lowest BCUT2D eigenvalue weighted by Crippen LogP contribution is -2.40. The highest BCUT2D eigenvalue weighted by molar-refractivity contribution is 7.14. The van der Waals surface area contributed by atoms with Crippen LogP contribution in [-0.2, 0) is 0 Å². The fourth-order valence-corrected chi connectivity index (χ4v) is 3.57. The molecule has 1 aliphatic rings. The molecule has 0 aromatic carbocycles. The Bertz CT molecular complexity index is 451. The van der Waals surface area contributed by atoms with Gasteiger partial charge in [-0.25, -0.2) is 0 Å². The molecular weight excluding hydrogens is 272 g/mol. The summed E-state index contributed by atoms with van der Waals surface area (Å²) in [5.74, 6) is 1.54. The molecule has 1 amide bonds. The Balaban J connectivity index is 1.94. The lowest BCUT2D eigenvalue weighted by atomic mass is 9.96. The fourth-order valence-electron chi connectivity index (χ4n) is 2.62. The van der Waals surface area contributed by atoms with Crippen molar-refractivity contribution in [2.24, 2.45) is 5.92 Å². The largest absolute Gasteiger partial charge is 0.495 e. The minimum absolute atomic E-state index is 0.127. The van der Waals surface area contributed by atoms with E-state index in [0.29, 0.717) is 11.7 Å². The topological polar surface area (TPSA) is 41.6 Å². The number of piperidine rings is 1. The van der Waals surface area contributed by atoms with Crippen molar-refractivity contribution in [3.05, 3.63) is 15.8 Å². The number of hydrogen-bond donors (Lipinski definition) is 1. The number of hydrogen-bond acceptors (Lipinski definition) is 4. The Kier molecular flexibility index (Phi) is 5.43. The summed E-state index contributed by atoms with van der Waals surface area (Å²) in [7, 11) is 1.63. The summed E-state index contributed by atoms with van der Waals surface area (Å²) in [5, 5.41) is 3.39. The van der Waals surface area contributed by atoms with Crippen LogP contribution in [0.25, 0.3) is 0 Å². The third-order valence-corrected chi connectivity index (χ3v) is 4.84. The van der Waals surface area contributed by atoms with Crippen LogP contribution < -0.4 is 10.1 Å². The number of ether oxygens (including phenoxy) is 1. The van der Waals surface area contributed by atoms with Crippen LogP contribution in [0.5, 0.6) is 5.75 Å². The summed E-state index contributed by atoms with van der Waals surface area (Å²) >= 11 is 1.53. The summed E-state index contributed by atoms with van der Waals surface area (Å²) in [5.41, 5.74) is 0. The monoisotopic (exact) mass is 296 g/mol. The molecule has 0 bridgehead atoms. The van der Waals surface area contributed by atoms with Crippen molar-refractivity contribution in [2.45, 2.75) is 26.7 Å². The molecule has 1 saturated heterocycles. The van der Waals surface area contributed by atoms with Gasteiger partial charge in [0.05, 0.1) is 7.11 Å². The number of methoxy groups -OCH3 is 1. The van der Waals surface area contributed by atoms with Crippen LogP contribution in [0.4, 0.5) is 0 Å². The van der Waals surface area contributed by atoms with Gasteiger partial charge in [0, 0.05) is 18.0 Å². The molecule has 0 atom stereocenters. The van der Waals surface area contributed by atoms with E-state index in [-0.39, 0.29) is 5.91 Å². The van der Waals surface area contributed by atoms with Crippen LogP contribution in [0.15, 0.2) is 6.07 Å². The van der Waals surface area contributed by atoms with Gasteiger partial charge in [0.25, 0.3) is 5.91 Å². The smallest absolute Gasteiger partial charge is 0.267 e. The normalized spacial score (nSPS) is 16.4. The average molecular weight is 296 g/mol. The van der Waals surface area contributed by atoms with E-state index in [9.17, 15) is 4.79 Å². The second kappa shape index (κ2) is 7.09.